The predicted octanol–water partition coefficient (Wildman–Crippen LogP) is 0.264. The lowest BCUT2D eigenvalue weighted by atomic mass is 10.4. The third-order valence-electron chi connectivity index (χ3n) is 0.786. The lowest BCUT2D eigenvalue weighted by Gasteiger charge is -1.85. The molecule has 0 aromatic rings. The normalized spacial score (nSPS) is 11.0. The predicted molar refractivity (Wildman–Crippen MR) is 37.4 cm³/mol. The Kier molecular flexibility index (Phi) is 5.38. The van der Waals surface area contributed by atoms with Gasteiger partial charge in [-0.05, 0) is 0 Å². The topological polar surface area (TPSA) is 46.5 Å². The first kappa shape index (κ1) is 8.91. The molecule has 0 spiro atoms. The van der Waals surface area contributed by atoms with E-state index in [2.05, 4.69) is 4.74 Å². The zero-order valence-corrected chi connectivity index (χ0v) is 5.78. The third kappa shape index (κ3) is 5.05. The molecule has 0 rings (SSSR count). The SMILES string of the molecule is COC(=O)/C=C/C=C\CO. The minimum atomic E-state index is -0.400. The van der Waals surface area contributed by atoms with E-state index in [1.54, 1.807) is 6.08 Å². The molecule has 3 heteroatoms. The minimum Gasteiger partial charge on any atom is -0.466 e. The van der Waals surface area contributed by atoms with Gasteiger partial charge in [-0.1, -0.05) is 18.2 Å². The number of rotatable bonds is 3. The lowest BCUT2D eigenvalue weighted by molar-refractivity contribution is -0.134. The van der Waals surface area contributed by atoms with Gasteiger partial charge in [0.2, 0.25) is 0 Å². The Hall–Kier alpha value is -1.09. The van der Waals surface area contributed by atoms with Crippen LogP contribution in [0.5, 0.6) is 0 Å². The molecule has 0 bridgehead atoms. The lowest BCUT2D eigenvalue weighted by Crippen LogP contribution is -1.92. The van der Waals surface area contributed by atoms with Crippen LogP contribution in [0.4, 0.5) is 0 Å². The van der Waals surface area contributed by atoms with Crippen LogP contribution >= 0.6 is 0 Å². The van der Waals surface area contributed by atoms with Gasteiger partial charge >= 0.3 is 5.97 Å². The Bertz CT molecular complexity index is 147. The molecule has 0 aliphatic rings. The van der Waals surface area contributed by atoms with Crippen molar-refractivity contribution < 1.29 is 14.6 Å². The summed E-state index contributed by atoms with van der Waals surface area (Å²) in [7, 11) is 1.31. The van der Waals surface area contributed by atoms with Gasteiger partial charge in [-0.25, -0.2) is 4.79 Å². The number of ether oxygens (including phenoxy) is 1. The van der Waals surface area contributed by atoms with Crippen LogP contribution in [-0.4, -0.2) is 24.8 Å². The quantitative estimate of drug-likeness (QED) is 0.349. The molecule has 0 amide bonds. The van der Waals surface area contributed by atoms with Crippen LogP contribution in [0.15, 0.2) is 24.3 Å². The molecule has 0 heterocycles. The average Bonchev–Trinajstić information content (AvgIpc) is 1.98. The summed E-state index contributed by atoms with van der Waals surface area (Å²) in [4.78, 5) is 10.4. The Morgan fingerprint density at radius 3 is 2.80 bits per heavy atom. The molecule has 0 saturated carbocycles. The highest BCUT2D eigenvalue weighted by Gasteiger charge is 1.85. The molecule has 3 nitrogen and oxygen atoms in total. The van der Waals surface area contributed by atoms with E-state index in [1.807, 2.05) is 0 Å². The third-order valence-corrected chi connectivity index (χ3v) is 0.786. The number of aliphatic hydroxyl groups excluding tert-OH is 1. The van der Waals surface area contributed by atoms with Gasteiger partial charge in [0.15, 0.2) is 0 Å². The van der Waals surface area contributed by atoms with Crippen LogP contribution < -0.4 is 0 Å². The first-order valence-corrected chi connectivity index (χ1v) is 2.83. The average molecular weight is 142 g/mol. The van der Waals surface area contributed by atoms with Crippen molar-refractivity contribution in [3.8, 4) is 0 Å². The van der Waals surface area contributed by atoms with Crippen LogP contribution in [0.3, 0.4) is 0 Å². The van der Waals surface area contributed by atoms with Crippen LogP contribution in [0.1, 0.15) is 0 Å². The monoisotopic (exact) mass is 142 g/mol. The van der Waals surface area contributed by atoms with Crippen molar-refractivity contribution in [1.29, 1.82) is 0 Å². The van der Waals surface area contributed by atoms with Gasteiger partial charge < -0.3 is 9.84 Å². The van der Waals surface area contributed by atoms with Crippen molar-refractivity contribution in [1.82, 2.24) is 0 Å². The van der Waals surface area contributed by atoms with Crippen LogP contribution in [0.2, 0.25) is 0 Å². The molecular weight excluding hydrogens is 132 g/mol. The summed E-state index contributed by atoms with van der Waals surface area (Å²) in [6.45, 7) is -0.0223. The molecule has 0 aliphatic carbocycles. The van der Waals surface area contributed by atoms with E-state index in [-0.39, 0.29) is 6.61 Å². The summed E-state index contributed by atoms with van der Waals surface area (Å²) < 4.78 is 4.31. The summed E-state index contributed by atoms with van der Waals surface area (Å²) in [5.41, 5.74) is 0. The van der Waals surface area contributed by atoms with E-state index in [1.165, 1.54) is 25.3 Å². The molecular formula is C7H10O3. The van der Waals surface area contributed by atoms with Gasteiger partial charge in [-0.3, -0.25) is 0 Å². The highest BCUT2D eigenvalue weighted by Crippen LogP contribution is 1.79. The highest BCUT2D eigenvalue weighted by molar-refractivity contribution is 5.82. The Labute approximate surface area is 59.6 Å². The number of allylic oxidation sites excluding steroid dienone is 2. The van der Waals surface area contributed by atoms with E-state index in [0.29, 0.717) is 0 Å². The van der Waals surface area contributed by atoms with Gasteiger partial charge in [0.25, 0.3) is 0 Å². The molecule has 0 aromatic heterocycles. The number of carbonyl (C=O) groups excluding carboxylic acids is 1. The van der Waals surface area contributed by atoms with E-state index in [4.69, 9.17) is 5.11 Å². The molecule has 0 atom stereocenters. The number of esters is 1. The number of carbonyl (C=O) groups is 1. The van der Waals surface area contributed by atoms with E-state index < -0.39 is 5.97 Å². The maximum Gasteiger partial charge on any atom is 0.330 e. The molecule has 56 valence electrons. The summed E-state index contributed by atoms with van der Waals surface area (Å²) in [5.74, 6) is -0.400. The number of aliphatic hydroxyl groups is 1. The van der Waals surface area contributed by atoms with Crippen LogP contribution in [0.25, 0.3) is 0 Å². The van der Waals surface area contributed by atoms with Crippen LogP contribution in [-0.2, 0) is 9.53 Å². The molecule has 0 fully saturated rings. The van der Waals surface area contributed by atoms with Gasteiger partial charge in [0, 0.05) is 6.08 Å². The molecule has 0 aliphatic heterocycles. The smallest absolute Gasteiger partial charge is 0.330 e. The van der Waals surface area contributed by atoms with E-state index in [0.717, 1.165) is 0 Å². The molecule has 1 N–H and O–H groups in total. The highest BCUT2D eigenvalue weighted by atomic mass is 16.5. The number of hydrogen-bond acceptors (Lipinski definition) is 3. The second-order valence-corrected chi connectivity index (χ2v) is 1.49. The maximum atomic E-state index is 10.4. The second kappa shape index (κ2) is 6.04. The fourth-order valence-electron chi connectivity index (χ4n) is 0.342. The first-order chi connectivity index (χ1) is 4.81. The van der Waals surface area contributed by atoms with Crippen LogP contribution in [0, 0.1) is 0 Å². The van der Waals surface area contributed by atoms with Crippen molar-refractivity contribution in [2.75, 3.05) is 13.7 Å². The molecule has 0 aromatic carbocycles. The van der Waals surface area contributed by atoms with E-state index in [9.17, 15) is 4.79 Å². The first-order valence-electron chi connectivity index (χ1n) is 2.83. The van der Waals surface area contributed by atoms with E-state index >= 15 is 0 Å². The van der Waals surface area contributed by atoms with Gasteiger partial charge in [0.05, 0.1) is 13.7 Å². The van der Waals surface area contributed by atoms with Gasteiger partial charge in [-0.2, -0.15) is 0 Å². The molecule has 10 heavy (non-hydrogen) atoms. The van der Waals surface area contributed by atoms with Gasteiger partial charge in [0.1, 0.15) is 0 Å². The molecule has 0 unspecified atom stereocenters. The fourth-order valence-corrected chi connectivity index (χ4v) is 0.342. The summed E-state index contributed by atoms with van der Waals surface area (Å²) in [6, 6.07) is 0. The number of methoxy groups -OCH3 is 1. The van der Waals surface area contributed by atoms with Gasteiger partial charge in [-0.15, -0.1) is 0 Å². The van der Waals surface area contributed by atoms with Crippen molar-refractivity contribution in [2.24, 2.45) is 0 Å². The van der Waals surface area contributed by atoms with Crippen molar-refractivity contribution >= 4 is 5.97 Å². The second-order valence-electron chi connectivity index (χ2n) is 1.49. The Morgan fingerprint density at radius 1 is 1.60 bits per heavy atom. The summed E-state index contributed by atoms with van der Waals surface area (Å²) in [5, 5.41) is 8.25. The Morgan fingerprint density at radius 2 is 2.30 bits per heavy atom. The standard InChI is InChI=1S/C7H10O3/c1-10-7(9)5-3-2-4-6-8/h2-5,8H,6H2,1H3/b4-2-,5-3+. The number of hydrogen-bond donors (Lipinski definition) is 1. The molecule has 0 saturated heterocycles. The Balaban J connectivity index is 3.55. The van der Waals surface area contributed by atoms with Crippen molar-refractivity contribution in [3.63, 3.8) is 0 Å². The molecule has 0 radical (unpaired) electrons. The van der Waals surface area contributed by atoms with Crippen molar-refractivity contribution in [2.45, 2.75) is 0 Å². The fraction of sp³-hybridized carbons (Fsp3) is 0.286. The van der Waals surface area contributed by atoms with Crippen molar-refractivity contribution in [3.05, 3.63) is 24.3 Å². The summed E-state index contributed by atoms with van der Waals surface area (Å²) >= 11 is 0. The zero-order chi connectivity index (χ0) is 7.82. The maximum absolute atomic E-state index is 10.4. The largest absolute Gasteiger partial charge is 0.466 e. The summed E-state index contributed by atoms with van der Waals surface area (Å²) in [6.07, 6.45) is 5.85. The zero-order valence-electron chi connectivity index (χ0n) is 5.78. The minimum absolute atomic E-state index is 0.0223.